The number of rotatable bonds is 2. The lowest BCUT2D eigenvalue weighted by Crippen LogP contribution is -2.13. The van der Waals surface area contributed by atoms with Crippen LogP contribution in [0.4, 0.5) is 11.5 Å². The Hall–Kier alpha value is -1.89. The maximum absolute atomic E-state index is 11.7. The highest BCUT2D eigenvalue weighted by Crippen LogP contribution is 2.15. The molecule has 16 heavy (non-hydrogen) atoms. The maximum atomic E-state index is 11.7. The lowest BCUT2D eigenvalue weighted by molar-refractivity contribution is 0.102. The van der Waals surface area contributed by atoms with E-state index < -0.39 is 0 Å². The van der Waals surface area contributed by atoms with Crippen molar-refractivity contribution < 1.29 is 4.79 Å². The Balaban J connectivity index is 2.18. The lowest BCUT2D eigenvalue weighted by Gasteiger charge is -2.03. The molecule has 0 atom stereocenters. The second-order valence-electron chi connectivity index (χ2n) is 3.05. The summed E-state index contributed by atoms with van der Waals surface area (Å²) < 4.78 is 0.734. The summed E-state index contributed by atoms with van der Waals surface area (Å²) in [5.74, 6) is 0.0784. The van der Waals surface area contributed by atoms with E-state index in [1.165, 1.54) is 12.4 Å². The van der Waals surface area contributed by atoms with Gasteiger partial charge in [0.05, 0.1) is 17.4 Å². The van der Waals surface area contributed by atoms with Crippen molar-refractivity contribution >= 4 is 33.3 Å². The molecule has 2 aromatic heterocycles. The first kappa shape index (κ1) is 10.6. The number of carbonyl (C=O) groups excluding carboxylic acids is 1. The van der Waals surface area contributed by atoms with Gasteiger partial charge in [-0.2, -0.15) is 5.10 Å². The zero-order chi connectivity index (χ0) is 11.5. The Morgan fingerprint density at radius 2 is 2.25 bits per heavy atom. The normalized spacial score (nSPS) is 10.1. The molecule has 1 amide bonds. The van der Waals surface area contributed by atoms with Crippen LogP contribution < -0.4 is 11.1 Å². The molecule has 0 saturated carbocycles. The summed E-state index contributed by atoms with van der Waals surface area (Å²) in [7, 11) is 0. The van der Waals surface area contributed by atoms with Crippen LogP contribution in [-0.2, 0) is 0 Å². The van der Waals surface area contributed by atoms with Crippen LogP contribution in [0.15, 0.2) is 29.1 Å². The number of aromatic amines is 1. The molecule has 2 rings (SSSR count). The number of pyridine rings is 1. The third-order valence-electron chi connectivity index (χ3n) is 1.87. The molecule has 0 unspecified atom stereocenters. The first-order valence-corrected chi connectivity index (χ1v) is 5.17. The summed E-state index contributed by atoms with van der Waals surface area (Å²) >= 11 is 3.24. The number of nitrogen functional groups attached to an aromatic ring is 1. The van der Waals surface area contributed by atoms with Gasteiger partial charge in [-0.1, -0.05) is 0 Å². The van der Waals surface area contributed by atoms with Gasteiger partial charge in [0, 0.05) is 16.9 Å². The van der Waals surface area contributed by atoms with Crippen molar-refractivity contribution in [3.8, 4) is 0 Å². The van der Waals surface area contributed by atoms with Gasteiger partial charge < -0.3 is 11.1 Å². The summed E-state index contributed by atoms with van der Waals surface area (Å²) in [6, 6.07) is 1.66. The number of hydrogen-bond acceptors (Lipinski definition) is 4. The summed E-state index contributed by atoms with van der Waals surface area (Å²) in [5, 5.41) is 8.87. The molecule has 4 N–H and O–H groups in total. The zero-order valence-electron chi connectivity index (χ0n) is 8.07. The molecule has 0 radical (unpaired) electrons. The lowest BCUT2D eigenvalue weighted by atomic mass is 10.3. The van der Waals surface area contributed by atoms with Crippen molar-refractivity contribution in [3.05, 3.63) is 34.7 Å². The van der Waals surface area contributed by atoms with Gasteiger partial charge in [0.1, 0.15) is 0 Å². The second kappa shape index (κ2) is 4.31. The van der Waals surface area contributed by atoms with E-state index in [0.717, 1.165) is 4.47 Å². The molecular weight excluding hydrogens is 274 g/mol. The van der Waals surface area contributed by atoms with Crippen LogP contribution in [0, 0.1) is 0 Å². The monoisotopic (exact) mass is 281 g/mol. The quantitative estimate of drug-likeness (QED) is 0.775. The van der Waals surface area contributed by atoms with Crippen LogP contribution in [0.3, 0.4) is 0 Å². The first-order valence-electron chi connectivity index (χ1n) is 4.37. The number of H-pyrrole nitrogens is 1. The number of amides is 1. The minimum atomic E-state index is -0.301. The topological polar surface area (TPSA) is 96.7 Å². The predicted molar refractivity (Wildman–Crippen MR) is 62.9 cm³/mol. The molecule has 0 aliphatic heterocycles. The van der Waals surface area contributed by atoms with Crippen LogP contribution in [-0.4, -0.2) is 21.1 Å². The van der Waals surface area contributed by atoms with E-state index >= 15 is 0 Å². The zero-order valence-corrected chi connectivity index (χ0v) is 9.65. The number of nitrogens with one attached hydrogen (secondary N) is 2. The highest BCUT2D eigenvalue weighted by atomic mass is 79.9. The molecular formula is C9H8BrN5O. The van der Waals surface area contributed by atoms with E-state index in [4.69, 9.17) is 5.73 Å². The van der Waals surface area contributed by atoms with Crippen LogP contribution in [0.1, 0.15) is 10.4 Å². The number of halogens is 1. The Morgan fingerprint density at radius 1 is 1.44 bits per heavy atom. The molecule has 0 fully saturated rings. The molecule has 0 aromatic carbocycles. The minimum absolute atomic E-state index is 0.301. The molecule has 2 aromatic rings. The predicted octanol–water partition coefficient (Wildman–Crippen LogP) is 1.40. The second-order valence-corrected chi connectivity index (χ2v) is 3.96. The molecule has 0 aliphatic rings. The molecule has 6 nitrogen and oxygen atoms in total. The molecule has 7 heteroatoms. The number of carbonyl (C=O) groups is 1. The minimum Gasteiger partial charge on any atom is -0.394 e. The standard InChI is InChI=1S/C9H8BrN5O/c10-6-1-5(2-12-3-6)9(16)14-8-7(11)4-13-15-8/h1-4H,11H2,(H2,13,14,15,16). The molecule has 2 heterocycles. The third kappa shape index (κ3) is 2.19. The number of anilines is 2. The van der Waals surface area contributed by atoms with Gasteiger partial charge in [-0.25, -0.2) is 0 Å². The summed E-state index contributed by atoms with van der Waals surface area (Å²) in [6.45, 7) is 0. The van der Waals surface area contributed by atoms with Crippen LogP contribution in [0.25, 0.3) is 0 Å². The molecule has 0 aliphatic carbocycles. The molecule has 0 spiro atoms. The van der Waals surface area contributed by atoms with Crippen molar-refractivity contribution in [1.29, 1.82) is 0 Å². The van der Waals surface area contributed by atoms with Gasteiger partial charge in [0.2, 0.25) is 0 Å². The van der Waals surface area contributed by atoms with Crippen molar-refractivity contribution in [2.75, 3.05) is 11.1 Å². The highest BCUT2D eigenvalue weighted by Gasteiger charge is 2.09. The SMILES string of the molecule is Nc1cn[nH]c1NC(=O)c1cncc(Br)c1. The van der Waals surface area contributed by atoms with Gasteiger partial charge in [-0.05, 0) is 22.0 Å². The number of aromatic nitrogens is 3. The van der Waals surface area contributed by atoms with E-state index in [1.807, 2.05) is 0 Å². The van der Waals surface area contributed by atoms with E-state index in [1.54, 1.807) is 12.3 Å². The van der Waals surface area contributed by atoms with Gasteiger partial charge in [-0.15, -0.1) is 0 Å². The van der Waals surface area contributed by atoms with Gasteiger partial charge in [0.15, 0.2) is 5.82 Å². The Bertz CT molecular complexity index is 524. The first-order chi connectivity index (χ1) is 7.66. The summed E-state index contributed by atoms with van der Waals surface area (Å²) in [5.41, 5.74) is 6.38. The van der Waals surface area contributed by atoms with Crippen LogP contribution in [0.2, 0.25) is 0 Å². The number of nitrogens with two attached hydrogens (primary N) is 1. The fourth-order valence-corrected chi connectivity index (χ4v) is 1.48. The molecule has 0 bridgehead atoms. The average Bonchev–Trinajstić information content (AvgIpc) is 2.64. The Morgan fingerprint density at radius 3 is 2.88 bits per heavy atom. The van der Waals surface area contributed by atoms with Crippen molar-refractivity contribution in [1.82, 2.24) is 15.2 Å². The fraction of sp³-hybridized carbons (Fsp3) is 0. The maximum Gasteiger partial charge on any atom is 0.258 e. The summed E-state index contributed by atoms with van der Waals surface area (Å²) in [6.07, 6.45) is 4.49. The van der Waals surface area contributed by atoms with E-state index in [2.05, 4.69) is 36.4 Å². The Kier molecular flexibility index (Phi) is 2.86. The number of hydrogen-bond donors (Lipinski definition) is 3. The largest absolute Gasteiger partial charge is 0.394 e. The van der Waals surface area contributed by atoms with Gasteiger partial charge >= 0.3 is 0 Å². The highest BCUT2D eigenvalue weighted by molar-refractivity contribution is 9.10. The van der Waals surface area contributed by atoms with Crippen LogP contribution in [0.5, 0.6) is 0 Å². The van der Waals surface area contributed by atoms with Crippen LogP contribution >= 0.6 is 15.9 Å². The number of nitrogens with zero attached hydrogens (tertiary/aromatic N) is 2. The van der Waals surface area contributed by atoms with Crippen molar-refractivity contribution in [2.24, 2.45) is 0 Å². The molecule has 82 valence electrons. The van der Waals surface area contributed by atoms with Crippen molar-refractivity contribution in [2.45, 2.75) is 0 Å². The summed E-state index contributed by atoms with van der Waals surface area (Å²) in [4.78, 5) is 15.6. The molecule has 0 saturated heterocycles. The van der Waals surface area contributed by atoms with E-state index in [0.29, 0.717) is 17.1 Å². The van der Waals surface area contributed by atoms with Gasteiger partial charge in [-0.3, -0.25) is 14.9 Å². The fourth-order valence-electron chi connectivity index (χ4n) is 1.12. The van der Waals surface area contributed by atoms with E-state index in [-0.39, 0.29) is 5.91 Å². The third-order valence-corrected chi connectivity index (χ3v) is 2.31. The average molecular weight is 282 g/mol. The smallest absolute Gasteiger partial charge is 0.258 e. The van der Waals surface area contributed by atoms with E-state index in [9.17, 15) is 4.79 Å². The Labute approximate surface area is 99.4 Å². The van der Waals surface area contributed by atoms with Crippen molar-refractivity contribution in [3.63, 3.8) is 0 Å². The van der Waals surface area contributed by atoms with Gasteiger partial charge in [0.25, 0.3) is 5.91 Å².